The lowest BCUT2D eigenvalue weighted by Gasteiger charge is -2.34. The van der Waals surface area contributed by atoms with Gasteiger partial charge in [-0.1, -0.05) is 0 Å². The van der Waals surface area contributed by atoms with E-state index in [0.717, 1.165) is 11.8 Å². The van der Waals surface area contributed by atoms with Crippen LogP contribution in [0.5, 0.6) is 0 Å². The van der Waals surface area contributed by atoms with Crippen molar-refractivity contribution in [3.05, 3.63) is 29.6 Å². The highest BCUT2D eigenvalue weighted by atomic mass is 19.4. The minimum absolute atomic E-state index is 0.164. The topological polar surface area (TPSA) is 98.3 Å². The van der Waals surface area contributed by atoms with Crippen molar-refractivity contribution < 1.29 is 22.7 Å². The number of amides is 2. The number of halogens is 3. The van der Waals surface area contributed by atoms with Gasteiger partial charge in [0.25, 0.3) is 0 Å². The fourth-order valence-corrected chi connectivity index (χ4v) is 3.88. The number of aromatic nitrogens is 3. The number of nitrogens with zero attached hydrogens (tertiary/aromatic N) is 4. The molecule has 1 atom stereocenters. The van der Waals surface area contributed by atoms with Crippen LogP contribution in [0.15, 0.2) is 18.3 Å². The summed E-state index contributed by atoms with van der Waals surface area (Å²) in [6, 6.07) is 2.51. The maximum absolute atomic E-state index is 13.2. The molecule has 1 saturated heterocycles. The molecule has 3 N–H and O–H groups in total. The van der Waals surface area contributed by atoms with E-state index < -0.39 is 23.2 Å². The predicted octanol–water partition coefficient (Wildman–Crippen LogP) is 2.21. The third kappa shape index (κ3) is 3.39. The van der Waals surface area contributed by atoms with Gasteiger partial charge in [0.2, 0.25) is 0 Å². The first kappa shape index (κ1) is 19.5. The monoisotopic (exact) mass is 410 g/mol. The number of likely N-dealkylation sites (tertiary alicyclic amines) is 1. The highest BCUT2D eigenvalue weighted by molar-refractivity contribution is 5.74. The second-order valence-electron chi connectivity index (χ2n) is 7.14. The average Bonchev–Trinajstić information content (AvgIpc) is 3.28. The molecule has 156 valence electrons. The van der Waals surface area contributed by atoms with E-state index in [-0.39, 0.29) is 11.6 Å². The Kier molecular flexibility index (Phi) is 4.64. The normalized spacial score (nSPS) is 21.4. The molecule has 29 heavy (non-hydrogen) atoms. The second kappa shape index (κ2) is 6.90. The number of nitrogen functional groups attached to an aromatic ring is 1. The molecule has 0 saturated carbocycles. The Labute approximate surface area is 164 Å². The quantitative estimate of drug-likeness (QED) is 0.791. The minimum atomic E-state index is -4.60. The number of anilines is 1. The SMILES string of the molecule is CCNC(=O)N1CC[C@]2(C1)OCCn1nc(-c3cnc(N)c(C(F)(F)F)c3)cc12. The molecule has 4 rings (SSSR count). The summed E-state index contributed by atoms with van der Waals surface area (Å²) in [5.74, 6) is -0.571. The number of hydrogen-bond donors (Lipinski definition) is 2. The Morgan fingerprint density at radius 1 is 1.38 bits per heavy atom. The van der Waals surface area contributed by atoms with Crippen molar-refractivity contribution >= 4 is 11.8 Å². The summed E-state index contributed by atoms with van der Waals surface area (Å²) < 4.78 is 47.4. The van der Waals surface area contributed by atoms with Gasteiger partial charge < -0.3 is 20.7 Å². The fraction of sp³-hybridized carbons (Fsp3) is 0.500. The number of urea groups is 1. The molecule has 1 fully saturated rings. The molecular formula is C18H21F3N6O2. The summed E-state index contributed by atoms with van der Waals surface area (Å²) in [5.41, 5.74) is 5.01. The van der Waals surface area contributed by atoms with Crippen LogP contribution in [0.3, 0.4) is 0 Å². The number of ether oxygens (including phenoxy) is 1. The van der Waals surface area contributed by atoms with Gasteiger partial charge in [0.15, 0.2) is 0 Å². The van der Waals surface area contributed by atoms with Gasteiger partial charge in [-0.3, -0.25) is 4.68 Å². The number of nitrogens with one attached hydrogen (secondary N) is 1. The van der Waals surface area contributed by atoms with Gasteiger partial charge in [-0.25, -0.2) is 9.78 Å². The van der Waals surface area contributed by atoms with Gasteiger partial charge in [0.1, 0.15) is 11.4 Å². The van der Waals surface area contributed by atoms with Crippen molar-refractivity contribution in [2.75, 3.05) is 32.0 Å². The van der Waals surface area contributed by atoms with E-state index in [1.807, 2.05) is 6.92 Å². The molecule has 0 radical (unpaired) electrons. The molecule has 2 aliphatic rings. The number of alkyl halides is 3. The Bertz CT molecular complexity index is 944. The first-order valence-electron chi connectivity index (χ1n) is 9.31. The highest BCUT2D eigenvalue weighted by Gasteiger charge is 2.47. The molecule has 0 unspecified atom stereocenters. The van der Waals surface area contributed by atoms with Gasteiger partial charge >= 0.3 is 12.2 Å². The van der Waals surface area contributed by atoms with E-state index in [0.29, 0.717) is 44.9 Å². The zero-order valence-electron chi connectivity index (χ0n) is 15.8. The minimum Gasteiger partial charge on any atom is -0.383 e. The average molecular weight is 410 g/mol. The Morgan fingerprint density at radius 2 is 2.17 bits per heavy atom. The van der Waals surface area contributed by atoms with E-state index in [9.17, 15) is 18.0 Å². The van der Waals surface area contributed by atoms with Crippen molar-refractivity contribution in [3.63, 3.8) is 0 Å². The third-order valence-electron chi connectivity index (χ3n) is 5.29. The van der Waals surface area contributed by atoms with Crippen LogP contribution in [0.1, 0.15) is 24.6 Å². The molecule has 2 aromatic heterocycles. The van der Waals surface area contributed by atoms with Crippen molar-refractivity contribution in [3.8, 4) is 11.3 Å². The summed E-state index contributed by atoms with van der Waals surface area (Å²) in [5, 5.41) is 7.24. The second-order valence-corrected chi connectivity index (χ2v) is 7.14. The molecule has 2 aromatic rings. The van der Waals surface area contributed by atoms with E-state index in [2.05, 4.69) is 15.4 Å². The van der Waals surface area contributed by atoms with Gasteiger partial charge in [0.05, 0.1) is 36.6 Å². The Morgan fingerprint density at radius 3 is 2.90 bits per heavy atom. The van der Waals surface area contributed by atoms with Crippen molar-refractivity contribution in [2.24, 2.45) is 0 Å². The molecule has 0 aromatic carbocycles. The van der Waals surface area contributed by atoms with Crippen LogP contribution < -0.4 is 11.1 Å². The number of fused-ring (bicyclic) bond motifs is 2. The van der Waals surface area contributed by atoms with Crippen molar-refractivity contribution in [2.45, 2.75) is 31.7 Å². The number of nitrogens with two attached hydrogens (primary N) is 1. The highest BCUT2D eigenvalue weighted by Crippen LogP contribution is 2.40. The number of carbonyl (C=O) groups is 1. The zero-order valence-corrected chi connectivity index (χ0v) is 15.8. The molecule has 8 nitrogen and oxygen atoms in total. The van der Waals surface area contributed by atoms with Crippen LogP contribution in [0.2, 0.25) is 0 Å². The summed E-state index contributed by atoms with van der Waals surface area (Å²) in [7, 11) is 0. The van der Waals surface area contributed by atoms with Crippen molar-refractivity contribution in [1.82, 2.24) is 25.0 Å². The van der Waals surface area contributed by atoms with Crippen LogP contribution in [-0.4, -0.2) is 51.9 Å². The molecular weight excluding hydrogens is 389 g/mol. The third-order valence-corrected chi connectivity index (χ3v) is 5.29. The van der Waals surface area contributed by atoms with Crippen molar-refractivity contribution in [1.29, 1.82) is 0 Å². The Balaban J connectivity index is 1.68. The van der Waals surface area contributed by atoms with Crippen LogP contribution >= 0.6 is 0 Å². The standard InChI is InChI=1S/C18H21F3N6O2/c1-2-23-16(28)26-4-3-17(10-26)14-8-13(25-27(14)5-6-29-17)11-7-12(18(19,20)21)15(22)24-9-11/h7-9H,2-6,10H2,1H3,(H2,22,24)(H,23,28)/t17-/m1/s1. The predicted molar refractivity (Wildman–Crippen MR) is 97.8 cm³/mol. The molecule has 2 aliphatic heterocycles. The van der Waals surface area contributed by atoms with Crippen LogP contribution in [0.4, 0.5) is 23.8 Å². The first-order valence-corrected chi connectivity index (χ1v) is 9.31. The molecule has 11 heteroatoms. The van der Waals surface area contributed by atoms with Crippen LogP contribution in [0.25, 0.3) is 11.3 Å². The van der Waals surface area contributed by atoms with Gasteiger partial charge in [-0.15, -0.1) is 0 Å². The summed E-state index contributed by atoms with van der Waals surface area (Å²) in [6.07, 6.45) is -2.74. The number of pyridine rings is 1. The maximum Gasteiger partial charge on any atom is 0.419 e. The van der Waals surface area contributed by atoms with E-state index in [1.54, 1.807) is 15.6 Å². The molecule has 0 bridgehead atoms. The zero-order chi connectivity index (χ0) is 20.8. The van der Waals surface area contributed by atoms with Gasteiger partial charge in [-0.2, -0.15) is 18.3 Å². The number of hydrogen-bond acceptors (Lipinski definition) is 5. The van der Waals surface area contributed by atoms with E-state index >= 15 is 0 Å². The first-order chi connectivity index (χ1) is 13.7. The van der Waals surface area contributed by atoms with Gasteiger partial charge in [0, 0.05) is 31.3 Å². The lowest BCUT2D eigenvalue weighted by Crippen LogP contribution is -2.44. The fourth-order valence-electron chi connectivity index (χ4n) is 3.88. The molecule has 4 heterocycles. The Hall–Kier alpha value is -2.82. The maximum atomic E-state index is 13.2. The van der Waals surface area contributed by atoms with E-state index in [4.69, 9.17) is 10.5 Å². The van der Waals surface area contributed by atoms with Crippen LogP contribution in [0, 0.1) is 0 Å². The lowest BCUT2D eigenvalue weighted by molar-refractivity contribution is -0.137. The largest absolute Gasteiger partial charge is 0.419 e. The molecule has 1 spiro atoms. The summed E-state index contributed by atoms with van der Waals surface area (Å²) in [6.45, 7) is 4.14. The molecule has 2 amide bonds. The number of rotatable bonds is 2. The lowest BCUT2D eigenvalue weighted by atomic mass is 9.96. The smallest absolute Gasteiger partial charge is 0.383 e. The summed E-state index contributed by atoms with van der Waals surface area (Å²) >= 11 is 0. The molecule has 0 aliphatic carbocycles. The van der Waals surface area contributed by atoms with E-state index in [1.165, 1.54) is 6.20 Å². The van der Waals surface area contributed by atoms with Gasteiger partial charge in [-0.05, 0) is 19.1 Å². The van der Waals surface area contributed by atoms with Crippen LogP contribution in [-0.2, 0) is 23.1 Å². The summed E-state index contributed by atoms with van der Waals surface area (Å²) in [4.78, 5) is 17.6. The number of carbonyl (C=O) groups excluding carboxylic acids is 1.